The van der Waals surface area contributed by atoms with Crippen LogP contribution in [0.4, 0.5) is 13.2 Å². The van der Waals surface area contributed by atoms with E-state index in [1.54, 1.807) is 0 Å². The van der Waals surface area contributed by atoms with Gasteiger partial charge in [0.15, 0.2) is 0 Å². The van der Waals surface area contributed by atoms with Gasteiger partial charge in [-0.3, -0.25) is 0 Å². The van der Waals surface area contributed by atoms with E-state index in [1.807, 2.05) is 0 Å². The smallest absolute Gasteiger partial charge is 0.392 e. The molecular weight excluding hydrogens is 229 g/mol. The molecule has 15 heavy (non-hydrogen) atoms. The number of alkyl halides is 3. The molecule has 1 aromatic rings. The summed E-state index contributed by atoms with van der Waals surface area (Å²) in [6.07, 6.45) is -2.00. The molecule has 82 valence electrons. The minimum absolute atomic E-state index is 0.0130. The first-order chi connectivity index (χ1) is 6.95. The summed E-state index contributed by atoms with van der Waals surface area (Å²) in [5, 5.41) is 8.51. The molecule has 0 bridgehead atoms. The number of hydrogen-bond acceptors (Lipinski definition) is 1. The van der Waals surface area contributed by atoms with Crippen LogP contribution in [-0.2, 0) is 6.18 Å². The molecule has 0 saturated carbocycles. The van der Waals surface area contributed by atoms with Crippen molar-refractivity contribution in [1.29, 1.82) is 0 Å². The monoisotopic (exact) mass is 236 g/mol. The molecule has 0 spiro atoms. The van der Waals surface area contributed by atoms with Gasteiger partial charge in [-0.1, -0.05) is 29.8 Å². The van der Waals surface area contributed by atoms with Crippen molar-refractivity contribution in [2.75, 3.05) is 6.61 Å². The molecule has 0 aromatic heterocycles. The molecule has 0 heterocycles. The third-order valence-corrected chi connectivity index (χ3v) is 1.96. The van der Waals surface area contributed by atoms with Gasteiger partial charge in [-0.05, 0) is 17.7 Å². The highest BCUT2D eigenvalue weighted by atomic mass is 35.5. The highest BCUT2D eigenvalue weighted by molar-refractivity contribution is 6.30. The molecule has 0 aliphatic rings. The van der Waals surface area contributed by atoms with Crippen molar-refractivity contribution in [2.45, 2.75) is 6.18 Å². The lowest BCUT2D eigenvalue weighted by atomic mass is 10.1. The van der Waals surface area contributed by atoms with Gasteiger partial charge in [-0.25, -0.2) is 0 Å². The molecule has 5 heteroatoms. The summed E-state index contributed by atoms with van der Waals surface area (Å²) in [4.78, 5) is 0. The lowest BCUT2D eigenvalue weighted by Crippen LogP contribution is -2.07. The van der Waals surface area contributed by atoms with E-state index in [0.717, 1.165) is 6.07 Å². The maximum absolute atomic E-state index is 12.5. The molecule has 0 atom stereocenters. The van der Waals surface area contributed by atoms with Crippen molar-refractivity contribution in [3.05, 3.63) is 40.4 Å². The highest BCUT2D eigenvalue weighted by Gasteiger charge is 2.32. The molecule has 0 amide bonds. The van der Waals surface area contributed by atoms with E-state index in [9.17, 15) is 13.2 Å². The fraction of sp³-hybridized carbons (Fsp3) is 0.200. The first-order valence-corrected chi connectivity index (χ1v) is 4.47. The highest BCUT2D eigenvalue weighted by Crippen LogP contribution is 2.34. The summed E-state index contributed by atoms with van der Waals surface area (Å²) in [6.45, 7) is -0.306. The predicted molar refractivity (Wildman–Crippen MR) is 52.6 cm³/mol. The SMILES string of the molecule is OC/C=C/c1ccc(Cl)cc1C(F)(F)F. The van der Waals surface area contributed by atoms with Gasteiger partial charge in [0, 0.05) is 5.02 Å². The second kappa shape index (κ2) is 4.68. The van der Waals surface area contributed by atoms with Crippen molar-refractivity contribution in [3.63, 3.8) is 0 Å². The van der Waals surface area contributed by atoms with E-state index in [-0.39, 0.29) is 17.2 Å². The zero-order chi connectivity index (χ0) is 11.5. The Morgan fingerprint density at radius 3 is 2.53 bits per heavy atom. The van der Waals surface area contributed by atoms with E-state index in [1.165, 1.54) is 24.3 Å². The Labute approximate surface area is 89.8 Å². The molecule has 0 saturated heterocycles. The van der Waals surface area contributed by atoms with Gasteiger partial charge in [0.25, 0.3) is 0 Å². The van der Waals surface area contributed by atoms with E-state index in [0.29, 0.717) is 0 Å². The lowest BCUT2D eigenvalue weighted by Gasteiger charge is -2.10. The molecule has 0 aliphatic heterocycles. The average molecular weight is 237 g/mol. The van der Waals surface area contributed by atoms with E-state index < -0.39 is 11.7 Å². The Morgan fingerprint density at radius 1 is 1.33 bits per heavy atom. The zero-order valence-corrected chi connectivity index (χ0v) is 8.31. The minimum Gasteiger partial charge on any atom is -0.392 e. The molecule has 0 radical (unpaired) electrons. The number of halogens is 4. The standard InChI is InChI=1S/C10H8ClF3O/c11-8-4-3-7(2-1-5-15)9(6-8)10(12,13)14/h1-4,6,15H,5H2/b2-1+. The van der Waals surface area contributed by atoms with Crippen LogP contribution in [0.5, 0.6) is 0 Å². The number of aliphatic hydroxyl groups excluding tert-OH is 1. The van der Waals surface area contributed by atoms with Crippen LogP contribution in [-0.4, -0.2) is 11.7 Å². The minimum atomic E-state index is -4.44. The Balaban J connectivity index is 3.21. The molecule has 0 fully saturated rings. The van der Waals surface area contributed by atoms with E-state index >= 15 is 0 Å². The number of hydrogen-bond donors (Lipinski definition) is 1. The fourth-order valence-electron chi connectivity index (χ4n) is 1.10. The summed E-state index contributed by atoms with van der Waals surface area (Å²) in [5.41, 5.74) is -0.819. The Bertz CT molecular complexity index is 371. The normalized spacial score (nSPS) is 12.3. The van der Waals surface area contributed by atoms with E-state index in [4.69, 9.17) is 16.7 Å². The topological polar surface area (TPSA) is 20.2 Å². The van der Waals surface area contributed by atoms with Crippen LogP contribution in [0.25, 0.3) is 6.08 Å². The number of benzene rings is 1. The maximum atomic E-state index is 12.5. The van der Waals surface area contributed by atoms with Crippen LogP contribution >= 0.6 is 11.6 Å². The summed E-state index contributed by atoms with van der Waals surface area (Å²) >= 11 is 5.48. The van der Waals surface area contributed by atoms with Gasteiger partial charge in [-0.15, -0.1) is 0 Å². The molecule has 0 unspecified atom stereocenters. The Kier molecular flexibility index (Phi) is 3.77. The molecule has 1 rings (SSSR count). The van der Waals surface area contributed by atoms with Gasteiger partial charge in [0.05, 0.1) is 12.2 Å². The fourth-order valence-corrected chi connectivity index (χ4v) is 1.27. The predicted octanol–water partition coefficient (Wildman–Crippen LogP) is 3.36. The quantitative estimate of drug-likeness (QED) is 0.835. The third kappa shape index (κ3) is 3.25. The number of rotatable bonds is 2. The molecule has 0 aliphatic carbocycles. The summed E-state index contributed by atoms with van der Waals surface area (Å²) in [5.74, 6) is 0. The summed E-state index contributed by atoms with van der Waals surface area (Å²) < 4.78 is 37.5. The Morgan fingerprint density at radius 2 is 2.00 bits per heavy atom. The van der Waals surface area contributed by atoms with Crippen molar-refractivity contribution < 1.29 is 18.3 Å². The summed E-state index contributed by atoms with van der Waals surface area (Å²) in [6, 6.07) is 3.49. The lowest BCUT2D eigenvalue weighted by molar-refractivity contribution is -0.137. The Hall–Kier alpha value is -1.00. The first kappa shape index (κ1) is 12.1. The average Bonchev–Trinajstić information content (AvgIpc) is 2.14. The zero-order valence-electron chi connectivity index (χ0n) is 7.55. The molecule has 1 N–H and O–H groups in total. The van der Waals surface area contributed by atoms with Crippen molar-refractivity contribution >= 4 is 17.7 Å². The van der Waals surface area contributed by atoms with Gasteiger partial charge < -0.3 is 5.11 Å². The van der Waals surface area contributed by atoms with Crippen LogP contribution in [0.15, 0.2) is 24.3 Å². The maximum Gasteiger partial charge on any atom is 0.417 e. The van der Waals surface area contributed by atoms with Gasteiger partial charge in [-0.2, -0.15) is 13.2 Å². The van der Waals surface area contributed by atoms with Crippen LogP contribution < -0.4 is 0 Å². The number of aliphatic hydroxyl groups is 1. The van der Waals surface area contributed by atoms with Gasteiger partial charge >= 0.3 is 6.18 Å². The molecule has 1 nitrogen and oxygen atoms in total. The molecular formula is C10H8ClF3O. The second-order valence-electron chi connectivity index (χ2n) is 2.81. The van der Waals surface area contributed by atoms with Crippen LogP contribution in [0, 0.1) is 0 Å². The van der Waals surface area contributed by atoms with Crippen molar-refractivity contribution in [3.8, 4) is 0 Å². The van der Waals surface area contributed by atoms with Crippen LogP contribution in [0.3, 0.4) is 0 Å². The largest absolute Gasteiger partial charge is 0.417 e. The third-order valence-electron chi connectivity index (χ3n) is 1.72. The second-order valence-corrected chi connectivity index (χ2v) is 3.25. The van der Waals surface area contributed by atoms with Crippen molar-refractivity contribution in [1.82, 2.24) is 0 Å². The summed E-state index contributed by atoms with van der Waals surface area (Å²) in [7, 11) is 0. The van der Waals surface area contributed by atoms with Gasteiger partial charge in [0.1, 0.15) is 0 Å². The molecule has 1 aromatic carbocycles. The van der Waals surface area contributed by atoms with Crippen LogP contribution in [0.1, 0.15) is 11.1 Å². The first-order valence-electron chi connectivity index (χ1n) is 4.09. The van der Waals surface area contributed by atoms with Crippen molar-refractivity contribution in [2.24, 2.45) is 0 Å². The van der Waals surface area contributed by atoms with Gasteiger partial charge in [0.2, 0.25) is 0 Å². The van der Waals surface area contributed by atoms with E-state index in [2.05, 4.69) is 0 Å². The van der Waals surface area contributed by atoms with Crippen LogP contribution in [0.2, 0.25) is 5.02 Å².